The predicted octanol–water partition coefficient (Wildman–Crippen LogP) is 2.83. The summed E-state index contributed by atoms with van der Waals surface area (Å²) in [6, 6.07) is 7.52. The number of aromatic nitrogens is 2. The summed E-state index contributed by atoms with van der Waals surface area (Å²) in [5, 5.41) is 10.3. The molecule has 24 heavy (non-hydrogen) atoms. The first-order chi connectivity index (χ1) is 11.8. The van der Waals surface area contributed by atoms with Crippen molar-refractivity contribution in [2.75, 3.05) is 19.0 Å². The Morgan fingerprint density at radius 1 is 1.29 bits per heavy atom. The molecule has 0 bridgehead atoms. The molecule has 2 aromatic rings. The van der Waals surface area contributed by atoms with Gasteiger partial charge in [-0.15, -0.1) is 0 Å². The average Bonchev–Trinajstić information content (AvgIpc) is 3.11. The number of benzene rings is 1. The van der Waals surface area contributed by atoms with Gasteiger partial charge in [-0.3, -0.25) is 9.36 Å². The molecule has 1 aliphatic heterocycles. The molecule has 6 heteroatoms. The maximum atomic E-state index is 12.9. The van der Waals surface area contributed by atoms with Crippen molar-refractivity contribution >= 4 is 22.7 Å². The molecule has 5 nitrogen and oxygen atoms in total. The van der Waals surface area contributed by atoms with Gasteiger partial charge in [0, 0.05) is 19.0 Å². The van der Waals surface area contributed by atoms with E-state index >= 15 is 0 Å². The van der Waals surface area contributed by atoms with Crippen LogP contribution < -0.4 is 5.56 Å². The molecule has 1 atom stereocenters. The maximum absolute atomic E-state index is 12.9. The molecule has 1 aromatic carbocycles. The minimum absolute atomic E-state index is 0.0222. The zero-order chi connectivity index (χ0) is 16.8. The number of aliphatic hydroxyl groups is 1. The molecule has 0 amide bonds. The second-order valence-electron chi connectivity index (χ2n) is 6.10. The minimum atomic E-state index is 0.0222. The van der Waals surface area contributed by atoms with Gasteiger partial charge in [-0.1, -0.05) is 30.3 Å². The van der Waals surface area contributed by atoms with Gasteiger partial charge >= 0.3 is 0 Å². The largest absolute Gasteiger partial charge is 0.396 e. The maximum Gasteiger partial charge on any atom is 0.262 e. The monoisotopic (exact) mass is 348 g/mol. The molecule has 1 saturated heterocycles. The fraction of sp³-hybridized carbons (Fsp3) is 0.556. The third-order valence-electron chi connectivity index (χ3n) is 4.27. The highest BCUT2D eigenvalue weighted by Crippen LogP contribution is 2.22. The van der Waals surface area contributed by atoms with Gasteiger partial charge in [0.1, 0.15) is 0 Å². The summed E-state index contributed by atoms with van der Waals surface area (Å²) >= 11 is 1.62. The first-order valence-corrected chi connectivity index (χ1v) is 9.63. The van der Waals surface area contributed by atoms with Crippen LogP contribution in [-0.4, -0.2) is 39.7 Å². The summed E-state index contributed by atoms with van der Waals surface area (Å²) in [5.41, 5.74) is 0.776. The SMILES string of the molecule is O=c1c2ccccc2nc(SCCCCCO)n1CC1CCCO1. The van der Waals surface area contributed by atoms with E-state index < -0.39 is 0 Å². The molecule has 1 aromatic heterocycles. The van der Waals surface area contributed by atoms with Crippen LogP contribution in [0.5, 0.6) is 0 Å². The van der Waals surface area contributed by atoms with E-state index in [1.807, 2.05) is 24.3 Å². The quantitative estimate of drug-likeness (QED) is 0.451. The Balaban J connectivity index is 1.84. The minimum Gasteiger partial charge on any atom is -0.396 e. The molecular weight excluding hydrogens is 324 g/mol. The van der Waals surface area contributed by atoms with Crippen LogP contribution in [0.2, 0.25) is 0 Å². The highest BCUT2D eigenvalue weighted by Gasteiger charge is 2.20. The van der Waals surface area contributed by atoms with Gasteiger partial charge in [0.2, 0.25) is 0 Å². The standard InChI is InChI=1S/C18H24N2O3S/c21-10-4-1-5-12-24-18-19-16-9-3-2-8-15(16)17(22)20(18)13-14-7-6-11-23-14/h2-3,8-9,14,21H,1,4-7,10-13H2. The zero-order valence-corrected chi connectivity index (χ0v) is 14.6. The van der Waals surface area contributed by atoms with E-state index in [-0.39, 0.29) is 18.3 Å². The molecule has 0 saturated carbocycles. The Kier molecular flexibility index (Phi) is 6.29. The number of hydrogen-bond acceptors (Lipinski definition) is 5. The van der Waals surface area contributed by atoms with E-state index in [0.717, 1.165) is 55.1 Å². The van der Waals surface area contributed by atoms with E-state index in [0.29, 0.717) is 11.9 Å². The number of unbranched alkanes of at least 4 members (excludes halogenated alkanes) is 2. The van der Waals surface area contributed by atoms with Gasteiger partial charge in [-0.2, -0.15) is 0 Å². The number of rotatable bonds is 8. The first-order valence-electron chi connectivity index (χ1n) is 8.64. The van der Waals surface area contributed by atoms with Crippen LogP contribution in [0.1, 0.15) is 32.1 Å². The Morgan fingerprint density at radius 2 is 2.17 bits per heavy atom. The van der Waals surface area contributed by atoms with Crippen molar-refractivity contribution in [2.45, 2.75) is 49.9 Å². The van der Waals surface area contributed by atoms with Crippen molar-refractivity contribution in [1.29, 1.82) is 0 Å². The van der Waals surface area contributed by atoms with Crippen LogP contribution in [0.4, 0.5) is 0 Å². The molecule has 0 radical (unpaired) electrons. The van der Waals surface area contributed by atoms with Crippen molar-refractivity contribution in [1.82, 2.24) is 9.55 Å². The number of hydrogen-bond donors (Lipinski definition) is 1. The smallest absolute Gasteiger partial charge is 0.262 e. The number of fused-ring (bicyclic) bond motifs is 1. The second kappa shape index (κ2) is 8.65. The Hall–Kier alpha value is -1.37. The van der Waals surface area contributed by atoms with Gasteiger partial charge in [-0.05, 0) is 37.8 Å². The van der Waals surface area contributed by atoms with Crippen LogP contribution >= 0.6 is 11.8 Å². The van der Waals surface area contributed by atoms with Crippen molar-refractivity contribution in [3.8, 4) is 0 Å². The Morgan fingerprint density at radius 3 is 2.96 bits per heavy atom. The lowest BCUT2D eigenvalue weighted by Crippen LogP contribution is -2.28. The lowest BCUT2D eigenvalue weighted by Gasteiger charge is -2.16. The molecule has 1 N–H and O–H groups in total. The average molecular weight is 348 g/mol. The Bertz CT molecular complexity index is 726. The fourth-order valence-corrected chi connectivity index (χ4v) is 3.97. The summed E-state index contributed by atoms with van der Waals surface area (Å²) in [7, 11) is 0. The second-order valence-corrected chi connectivity index (χ2v) is 7.16. The number of nitrogens with zero attached hydrogens (tertiary/aromatic N) is 2. The van der Waals surface area contributed by atoms with Crippen LogP contribution in [-0.2, 0) is 11.3 Å². The molecule has 1 aliphatic rings. The Labute approximate surface area is 146 Å². The molecule has 2 heterocycles. The van der Waals surface area contributed by atoms with Crippen LogP contribution in [0.15, 0.2) is 34.2 Å². The van der Waals surface area contributed by atoms with Crippen LogP contribution in [0, 0.1) is 0 Å². The number of para-hydroxylation sites is 1. The van der Waals surface area contributed by atoms with Gasteiger partial charge in [0.05, 0.1) is 23.6 Å². The number of ether oxygens (including phenoxy) is 1. The summed E-state index contributed by atoms with van der Waals surface area (Å²) in [4.78, 5) is 17.6. The lowest BCUT2D eigenvalue weighted by molar-refractivity contribution is 0.0937. The van der Waals surface area contributed by atoms with Crippen LogP contribution in [0.25, 0.3) is 10.9 Å². The van der Waals surface area contributed by atoms with E-state index in [9.17, 15) is 4.79 Å². The third kappa shape index (κ3) is 4.18. The van der Waals surface area contributed by atoms with E-state index in [1.54, 1.807) is 16.3 Å². The normalized spacial score (nSPS) is 17.6. The third-order valence-corrected chi connectivity index (χ3v) is 5.33. The van der Waals surface area contributed by atoms with Gasteiger partial charge < -0.3 is 9.84 Å². The topological polar surface area (TPSA) is 64.3 Å². The molecule has 130 valence electrons. The fourth-order valence-electron chi connectivity index (χ4n) is 2.96. The van der Waals surface area contributed by atoms with E-state index in [1.165, 1.54) is 0 Å². The molecule has 0 spiro atoms. The van der Waals surface area contributed by atoms with Crippen LogP contribution in [0.3, 0.4) is 0 Å². The number of thioether (sulfide) groups is 1. The summed E-state index contributed by atoms with van der Waals surface area (Å²) in [6.45, 7) is 1.60. The molecular formula is C18H24N2O3S. The highest BCUT2D eigenvalue weighted by atomic mass is 32.2. The van der Waals surface area contributed by atoms with Crippen molar-refractivity contribution in [2.24, 2.45) is 0 Å². The first kappa shape index (κ1) is 17.5. The summed E-state index contributed by atoms with van der Waals surface area (Å²) < 4.78 is 7.50. The van der Waals surface area contributed by atoms with E-state index in [2.05, 4.69) is 0 Å². The van der Waals surface area contributed by atoms with Crippen molar-refractivity contribution in [3.05, 3.63) is 34.6 Å². The number of aliphatic hydroxyl groups excluding tert-OH is 1. The van der Waals surface area contributed by atoms with Crippen molar-refractivity contribution < 1.29 is 9.84 Å². The predicted molar refractivity (Wildman–Crippen MR) is 96.6 cm³/mol. The molecule has 3 rings (SSSR count). The lowest BCUT2D eigenvalue weighted by atomic mass is 10.2. The zero-order valence-electron chi connectivity index (χ0n) is 13.8. The highest BCUT2D eigenvalue weighted by molar-refractivity contribution is 7.99. The molecule has 0 aliphatic carbocycles. The van der Waals surface area contributed by atoms with E-state index in [4.69, 9.17) is 14.8 Å². The summed E-state index contributed by atoms with van der Waals surface area (Å²) in [6.07, 6.45) is 5.00. The van der Waals surface area contributed by atoms with Gasteiger partial charge in [0.15, 0.2) is 5.16 Å². The van der Waals surface area contributed by atoms with Gasteiger partial charge in [0.25, 0.3) is 5.56 Å². The van der Waals surface area contributed by atoms with Crippen molar-refractivity contribution in [3.63, 3.8) is 0 Å². The van der Waals surface area contributed by atoms with Gasteiger partial charge in [-0.25, -0.2) is 4.98 Å². The summed E-state index contributed by atoms with van der Waals surface area (Å²) in [5.74, 6) is 0.899. The molecule has 1 fully saturated rings. The molecule has 1 unspecified atom stereocenters.